The second kappa shape index (κ2) is 8.02. The van der Waals surface area contributed by atoms with Crippen molar-refractivity contribution in [3.63, 3.8) is 0 Å². The number of carbonyl (C=O) groups is 1. The minimum Gasteiger partial charge on any atom is -0.431 e. The quantitative estimate of drug-likeness (QED) is 0.662. The van der Waals surface area contributed by atoms with Crippen molar-refractivity contribution in [3.8, 4) is 0 Å². The van der Waals surface area contributed by atoms with Crippen molar-refractivity contribution in [2.75, 3.05) is 13.2 Å². The molecule has 0 spiro atoms. The number of allylic oxidation sites excluding steroid dienone is 2. The minimum atomic E-state index is -0.745. The predicted octanol–water partition coefficient (Wildman–Crippen LogP) is 0.912. The Morgan fingerprint density at radius 2 is 2.39 bits per heavy atom. The van der Waals surface area contributed by atoms with Crippen molar-refractivity contribution >= 4 is 5.97 Å². The Hall–Kier alpha value is -1.17. The average molecular weight is 256 g/mol. The van der Waals surface area contributed by atoms with Gasteiger partial charge in [-0.25, -0.2) is 0 Å². The Labute approximate surface area is 107 Å². The molecule has 0 saturated heterocycles. The smallest absolute Gasteiger partial charge is 0.310 e. The van der Waals surface area contributed by atoms with Gasteiger partial charge < -0.3 is 19.7 Å². The topological polar surface area (TPSA) is 76.0 Å². The lowest BCUT2D eigenvalue weighted by Gasteiger charge is -2.19. The Morgan fingerprint density at radius 3 is 3.06 bits per heavy atom. The van der Waals surface area contributed by atoms with E-state index in [4.69, 9.17) is 19.7 Å². The van der Waals surface area contributed by atoms with Crippen LogP contribution in [0.4, 0.5) is 0 Å². The van der Waals surface area contributed by atoms with E-state index in [0.717, 1.165) is 0 Å². The highest BCUT2D eigenvalue weighted by Gasteiger charge is 2.15. The van der Waals surface area contributed by atoms with Gasteiger partial charge in [0.2, 0.25) is 0 Å². The molecule has 2 atom stereocenters. The lowest BCUT2D eigenvalue weighted by Crippen LogP contribution is -2.20. The van der Waals surface area contributed by atoms with Gasteiger partial charge in [0.1, 0.15) is 5.76 Å². The SMILES string of the molecule is CCC(=O)OC1=CC=CC(OCCC(O)CO)C1. The Kier molecular flexibility index (Phi) is 6.64. The third-order valence-corrected chi connectivity index (χ3v) is 2.54. The maximum absolute atomic E-state index is 11.1. The van der Waals surface area contributed by atoms with Crippen LogP contribution in [-0.2, 0) is 14.3 Å². The maximum atomic E-state index is 11.1. The Balaban J connectivity index is 2.28. The Morgan fingerprint density at radius 1 is 1.61 bits per heavy atom. The van der Waals surface area contributed by atoms with Crippen LogP contribution in [0.5, 0.6) is 0 Å². The molecule has 0 bridgehead atoms. The lowest BCUT2D eigenvalue weighted by molar-refractivity contribution is -0.139. The molecule has 0 aromatic carbocycles. The molecule has 18 heavy (non-hydrogen) atoms. The standard InChI is InChI=1S/C13H20O5/c1-2-13(16)18-12-5-3-4-11(8-12)17-7-6-10(15)9-14/h3-5,10-11,14-15H,2,6-9H2,1H3. The molecule has 2 unspecified atom stereocenters. The van der Waals surface area contributed by atoms with Crippen molar-refractivity contribution in [1.82, 2.24) is 0 Å². The summed E-state index contributed by atoms with van der Waals surface area (Å²) in [5.74, 6) is 0.336. The van der Waals surface area contributed by atoms with Gasteiger partial charge in [-0.2, -0.15) is 0 Å². The van der Waals surface area contributed by atoms with Gasteiger partial charge in [-0.3, -0.25) is 4.79 Å². The lowest BCUT2D eigenvalue weighted by atomic mass is 10.1. The van der Waals surface area contributed by atoms with Gasteiger partial charge in [-0.15, -0.1) is 0 Å². The number of aliphatic hydroxyl groups is 2. The molecule has 0 heterocycles. The van der Waals surface area contributed by atoms with Gasteiger partial charge in [-0.1, -0.05) is 19.1 Å². The van der Waals surface area contributed by atoms with Crippen LogP contribution in [0.25, 0.3) is 0 Å². The van der Waals surface area contributed by atoms with Crippen LogP contribution >= 0.6 is 0 Å². The molecule has 0 radical (unpaired) electrons. The molecular weight excluding hydrogens is 236 g/mol. The molecular formula is C13H20O5. The molecule has 1 rings (SSSR count). The van der Waals surface area contributed by atoms with Gasteiger partial charge in [-0.05, 0) is 12.5 Å². The second-order valence-electron chi connectivity index (χ2n) is 4.08. The molecule has 0 aromatic heterocycles. The van der Waals surface area contributed by atoms with E-state index in [9.17, 15) is 4.79 Å². The van der Waals surface area contributed by atoms with E-state index in [2.05, 4.69) is 0 Å². The number of hydrogen-bond donors (Lipinski definition) is 2. The van der Waals surface area contributed by atoms with Crippen molar-refractivity contribution in [1.29, 1.82) is 0 Å². The monoisotopic (exact) mass is 256 g/mol. The number of hydrogen-bond acceptors (Lipinski definition) is 5. The normalized spacial score (nSPS) is 20.4. The number of ether oxygens (including phenoxy) is 2. The van der Waals surface area contributed by atoms with Crippen LogP contribution < -0.4 is 0 Å². The summed E-state index contributed by atoms with van der Waals surface area (Å²) in [7, 11) is 0. The van der Waals surface area contributed by atoms with Crippen LogP contribution in [0.3, 0.4) is 0 Å². The third kappa shape index (κ3) is 5.44. The zero-order valence-corrected chi connectivity index (χ0v) is 10.5. The summed E-state index contributed by atoms with van der Waals surface area (Å²) in [4.78, 5) is 11.1. The molecule has 0 amide bonds. The van der Waals surface area contributed by atoms with Gasteiger partial charge >= 0.3 is 5.97 Å². The van der Waals surface area contributed by atoms with Gasteiger partial charge in [0, 0.05) is 19.4 Å². The molecule has 5 heteroatoms. The highest BCUT2D eigenvalue weighted by molar-refractivity contribution is 5.70. The fraction of sp³-hybridized carbons (Fsp3) is 0.615. The summed E-state index contributed by atoms with van der Waals surface area (Å²) >= 11 is 0. The van der Waals surface area contributed by atoms with Crippen molar-refractivity contribution in [2.45, 2.75) is 38.4 Å². The van der Waals surface area contributed by atoms with E-state index < -0.39 is 6.10 Å². The number of esters is 1. The summed E-state index contributed by atoms with van der Waals surface area (Å²) in [6, 6.07) is 0. The van der Waals surface area contributed by atoms with E-state index in [1.165, 1.54) is 0 Å². The second-order valence-corrected chi connectivity index (χ2v) is 4.08. The van der Waals surface area contributed by atoms with Crippen LogP contribution in [0.2, 0.25) is 0 Å². The fourth-order valence-corrected chi connectivity index (χ4v) is 1.48. The minimum absolute atomic E-state index is 0.152. The van der Waals surface area contributed by atoms with Crippen LogP contribution in [0.15, 0.2) is 24.0 Å². The van der Waals surface area contributed by atoms with Crippen molar-refractivity contribution < 1.29 is 24.5 Å². The molecule has 5 nitrogen and oxygen atoms in total. The first-order chi connectivity index (χ1) is 8.65. The first-order valence-corrected chi connectivity index (χ1v) is 6.14. The molecule has 0 aliphatic heterocycles. The van der Waals surface area contributed by atoms with E-state index in [1.54, 1.807) is 19.1 Å². The molecule has 0 saturated carbocycles. The average Bonchev–Trinajstić information content (AvgIpc) is 2.38. The molecule has 0 aromatic rings. The van der Waals surface area contributed by atoms with Crippen molar-refractivity contribution in [3.05, 3.63) is 24.0 Å². The van der Waals surface area contributed by atoms with E-state index in [0.29, 0.717) is 31.6 Å². The van der Waals surface area contributed by atoms with Gasteiger partial charge in [0.15, 0.2) is 0 Å². The molecule has 102 valence electrons. The molecule has 2 N–H and O–H groups in total. The largest absolute Gasteiger partial charge is 0.431 e. The van der Waals surface area contributed by atoms with Crippen LogP contribution in [0, 0.1) is 0 Å². The Bertz CT molecular complexity index is 321. The fourth-order valence-electron chi connectivity index (χ4n) is 1.48. The number of aliphatic hydroxyl groups excluding tert-OH is 2. The molecule has 0 fully saturated rings. The van der Waals surface area contributed by atoms with Crippen molar-refractivity contribution in [2.24, 2.45) is 0 Å². The summed E-state index contributed by atoms with van der Waals surface area (Å²) in [6.45, 7) is 1.83. The van der Waals surface area contributed by atoms with E-state index >= 15 is 0 Å². The van der Waals surface area contributed by atoms with Gasteiger partial charge in [0.25, 0.3) is 0 Å². The first-order valence-electron chi connectivity index (χ1n) is 6.14. The van der Waals surface area contributed by atoms with Crippen LogP contribution in [0.1, 0.15) is 26.2 Å². The summed E-state index contributed by atoms with van der Waals surface area (Å²) < 4.78 is 10.6. The zero-order valence-electron chi connectivity index (χ0n) is 10.5. The number of rotatable bonds is 7. The highest BCUT2D eigenvalue weighted by Crippen LogP contribution is 2.17. The van der Waals surface area contributed by atoms with E-state index in [-0.39, 0.29) is 18.7 Å². The van der Waals surface area contributed by atoms with Crippen LogP contribution in [-0.4, -0.2) is 41.6 Å². The van der Waals surface area contributed by atoms with E-state index in [1.807, 2.05) is 6.08 Å². The number of carbonyl (C=O) groups excluding carboxylic acids is 1. The first kappa shape index (κ1) is 14.9. The van der Waals surface area contributed by atoms with Gasteiger partial charge in [0.05, 0.1) is 18.8 Å². The molecule has 1 aliphatic carbocycles. The summed E-state index contributed by atoms with van der Waals surface area (Å²) in [5.41, 5.74) is 0. The third-order valence-electron chi connectivity index (χ3n) is 2.54. The summed E-state index contributed by atoms with van der Waals surface area (Å²) in [6.07, 6.45) is 5.74. The predicted molar refractivity (Wildman–Crippen MR) is 65.7 cm³/mol. The zero-order chi connectivity index (χ0) is 13.4. The molecule has 1 aliphatic rings. The summed E-state index contributed by atoms with van der Waals surface area (Å²) in [5, 5.41) is 17.8. The highest BCUT2D eigenvalue weighted by atomic mass is 16.5. The maximum Gasteiger partial charge on any atom is 0.310 e.